The number of aromatic nitrogens is 1. The first-order valence-electron chi connectivity index (χ1n) is 8.25. The van der Waals surface area contributed by atoms with E-state index in [1.54, 1.807) is 18.3 Å². The third-order valence-corrected chi connectivity index (χ3v) is 6.68. The van der Waals surface area contributed by atoms with Crippen LogP contribution in [0.5, 0.6) is 0 Å². The molecular formula is C20H20N2O2S. The zero-order valence-corrected chi connectivity index (χ0v) is 15.1. The van der Waals surface area contributed by atoms with Gasteiger partial charge in [-0.25, -0.2) is 12.4 Å². The van der Waals surface area contributed by atoms with Crippen LogP contribution in [0.2, 0.25) is 0 Å². The Morgan fingerprint density at radius 1 is 1.16 bits per heavy atom. The van der Waals surface area contributed by atoms with Gasteiger partial charge >= 0.3 is 0 Å². The Morgan fingerprint density at radius 3 is 2.56 bits per heavy atom. The fourth-order valence-electron chi connectivity index (χ4n) is 3.59. The van der Waals surface area contributed by atoms with Gasteiger partial charge in [0.25, 0.3) is 10.0 Å². The second kappa shape index (κ2) is 5.58. The molecule has 0 radical (unpaired) electrons. The lowest BCUT2D eigenvalue weighted by Crippen LogP contribution is -2.30. The normalized spacial score (nSPS) is 17.2. The second-order valence-corrected chi connectivity index (χ2v) is 8.35. The molecule has 1 aromatic heterocycles. The zero-order chi connectivity index (χ0) is 17.8. The number of hydrogen-bond donors (Lipinski definition) is 1. The minimum absolute atomic E-state index is 0.121. The van der Waals surface area contributed by atoms with Crippen LogP contribution in [-0.4, -0.2) is 25.5 Å². The fourth-order valence-corrected chi connectivity index (χ4v) is 4.97. The van der Waals surface area contributed by atoms with Crippen molar-refractivity contribution in [3.05, 3.63) is 71.9 Å². The summed E-state index contributed by atoms with van der Waals surface area (Å²) < 4.78 is 27.8. The molecule has 2 aromatic carbocycles. The first-order valence-corrected chi connectivity index (χ1v) is 9.69. The van der Waals surface area contributed by atoms with Crippen molar-refractivity contribution < 1.29 is 8.42 Å². The van der Waals surface area contributed by atoms with Gasteiger partial charge < -0.3 is 5.32 Å². The molecule has 0 saturated heterocycles. The highest BCUT2D eigenvalue weighted by molar-refractivity contribution is 7.90. The van der Waals surface area contributed by atoms with Crippen molar-refractivity contribution in [2.45, 2.75) is 24.3 Å². The lowest BCUT2D eigenvalue weighted by molar-refractivity contribution is 0.589. The van der Waals surface area contributed by atoms with Crippen LogP contribution in [0.3, 0.4) is 0 Å². The van der Waals surface area contributed by atoms with Crippen molar-refractivity contribution in [3.8, 4) is 0 Å². The van der Waals surface area contributed by atoms with E-state index in [1.165, 1.54) is 3.97 Å². The van der Waals surface area contributed by atoms with Crippen LogP contribution < -0.4 is 5.32 Å². The van der Waals surface area contributed by atoms with Crippen molar-refractivity contribution in [3.63, 3.8) is 0 Å². The van der Waals surface area contributed by atoms with Crippen molar-refractivity contribution in [2.24, 2.45) is 0 Å². The molecule has 4 nitrogen and oxygen atoms in total. The van der Waals surface area contributed by atoms with Crippen LogP contribution in [-0.2, 0) is 16.4 Å². The van der Waals surface area contributed by atoms with E-state index in [4.69, 9.17) is 0 Å². The Bertz CT molecular complexity index is 1090. The van der Waals surface area contributed by atoms with Gasteiger partial charge in [0, 0.05) is 17.6 Å². The van der Waals surface area contributed by atoms with Crippen molar-refractivity contribution >= 4 is 26.5 Å². The summed E-state index contributed by atoms with van der Waals surface area (Å²) in [5, 5.41) is 4.26. The second-order valence-electron chi connectivity index (χ2n) is 6.54. The first kappa shape index (κ1) is 16.1. The summed E-state index contributed by atoms with van der Waals surface area (Å²) in [4.78, 5) is 0.301. The molecule has 1 atom stereocenters. The molecule has 0 unspecified atom stereocenters. The van der Waals surface area contributed by atoms with Gasteiger partial charge in [-0.15, -0.1) is 0 Å². The van der Waals surface area contributed by atoms with E-state index in [0.717, 1.165) is 34.1 Å². The molecule has 0 spiro atoms. The molecule has 0 fully saturated rings. The highest BCUT2D eigenvalue weighted by Crippen LogP contribution is 2.37. The Hall–Kier alpha value is -2.37. The lowest BCUT2D eigenvalue weighted by Gasteiger charge is -2.24. The van der Waals surface area contributed by atoms with E-state index in [1.807, 2.05) is 44.3 Å². The SMILES string of the molecule is C=C1c2cccc3c2c(cn3S(=O)(=O)c2ccc(C)cc2)C[C@H]1NC. The van der Waals surface area contributed by atoms with Gasteiger partial charge in [-0.2, -0.15) is 0 Å². The number of rotatable bonds is 3. The van der Waals surface area contributed by atoms with E-state index in [-0.39, 0.29) is 6.04 Å². The third kappa shape index (κ3) is 2.34. The van der Waals surface area contributed by atoms with Gasteiger partial charge in [-0.1, -0.05) is 36.4 Å². The molecule has 5 heteroatoms. The summed E-state index contributed by atoms with van der Waals surface area (Å²) in [6.07, 6.45) is 2.50. The maximum Gasteiger partial charge on any atom is 0.268 e. The number of hydrogen-bond acceptors (Lipinski definition) is 3. The molecule has 1 aliphatic rings. The number of aryl methyl sites for hydroxylation is 1. The number of benzene rings is 2. The maximum absolute atomic E-state index is 13.2. The molecule has 1 aliphatic carbocycles. The van der Waals surface area contributed by atoms with Gasteiger partial charge in [0.05, 0.1) is 10.4 Å². The maximum atomic E-state index is 13.2. The molecule has 1 N–H and O–H groups in total. The minimum Gasteiger partial charge on any atom is -0.313 e. The molecule has 128 valence electrons. The summed E-state index contributed by atoms with van der Waals surface area (Å²) in [6, 6.07) is 12.9. The fraction of sp³-hybridized carbons (Fsp3) is 0.200. The van der Waals surface area contributed by atoms with Crippen LogP contribution in [0.4, 0.5) is 0 Å². The van der Waals surface area contributed by atoms with Gasteiger partial charge in [0.1, 0.15) is 0 Å². The molecule has 0 bridgehead atoms. The van der Waals surface area contributed by atoms with Crippen LogP contribution in [0, 0.1) is 6.92 Å². The van der Waals surface area contributed by atoms with Gasteiger partial charge in [-0.05, 0) is 55.3 Å². The Morgan fingerprint density at radius 2 is 1.88 bits per heavy atom. The molecular weight excluding hydrogens is 332 g/mol. The molecule has 25 heavy (non-hydrogen) atoms. The molecule has 0 saturated carbocycles. The largest absolute Gasteiger partial charge is 0.313 e. The van der Waals surface area contributed by atoms with Gasteiger partial charge in [0.15, 0.2) is 0 Å². The summed E-state index contributed by atoms with van der Waals surface area (Å²) in [7, 11) is -1.73. The van der Waals surface area contributed by atoms with Crippen LogP contribution in [0.25, 0.3) is 16.5 Å². The Labute approximate surface area is 147 Å². The van der Waals surface area contributed by atoms with E-state index in [9.17, 15) is 8.42 Å². The quantitative estimate of drug-likeness (QED) is 0.786. The number of nitrogens with one attached hydrogen (secondary N) is 1. The van der Waals surface area contributed by atoms with E-state index < -0.39 is 10.0 Å². The van der Waals surface area contributed by atoms with Crippen LogP contribution in [0.15, 0.2) is 60.1 Å². The van der Waals surface area contributed by atoms with Crippen molar-refractivity contribution in [1.82, 2.24) is 9.29 Å². The van der Waals surface area contributed by atoms with Crippen molar-refractivity contribution in [2.75, 3.05) is 7.05 Å². The summed E-state index contributed by atoms with van der Waals surface area (Å²) >= 11 is 0. The molecule has 0 aliphatic heterocycles. The monoisotopic (exact) mass is 352 g/mol. The number of nitrogens with zero attached hydrogens (tertiary/aromatic N) is 1. The van der Waals surface area contributed by atoms with Crippen LogP contribution in [0.1, 0.15) is 16.7 Å². The predicted molar refractivity (Wildman–Crippen MR) is 101 cm³/mol. The summed E-state index contributed by atoms with van der Waals surface area (Å²) in [5.74, 6) is 0. The van der Waals surface area contributed by atoms with Gasteiger partial charge in [-0.3, -0.25) is 0 Å². The van der Waals surface area contributed by atoms with E-state index in [2.05, 4.69) is 11.9 Å². The van der Waals surface area contributed by atoms with E-state index in [0.29, 0.717) is 10.4 Å². The third-order valence-electron chi connectivity index (χ3n) is 4.99. The van der Waals surface area contributed by atoms with E-state index >= 15 is 0 Å². The summed E-state index contributed by atoms with van der Waals surface area (Å²) in [5.41, 5.74) is 4.81. The Balaban J connectivity index is 1.97. The minimum atomic E-state index is -3.64. The predicted octanol–water partition coefficient (Wildman–Crippen LogP) is 3.34. The molecule has 1 heterocycles. The Kier molecular flexibility index (Phi) is 3.60. The van der Waals surface area contributed by atoms with Gasteiger partial charge in [0.2, 0.25) is 0 Å². The standard InChI is InChI=1S/C20H20N2O2S/c1-13-7-9-16(10-8-13)25(23,24)22-12-15-11-18(21-3)14(2)17-5-4-6-19(22)20(15)17/h4-10,12,18,21H,2,11H2,1,3H3/t18-/m1/s1. The average Bonchev–Trinajstić information content (AvgIpc) is 2.99. The number of likely N-dealkylation sites (N-methyl/N-ethyl adjacent to an activating group) is 1. The lowest BCUT2D eigenvalue weighted by atomic mass is 9.86. The summed E-state index contributed by atoms with van der Waals surface area (Å²) in [6.45, 7) is 6.15. The van der Waals surface area contributed by atoms with Crippen molar-refractivity contribution in [1.29, 1.82) is 0 Å². The average molecular weight is 352 g/mol. The molecule has 4 rings (SSSR count). The first-order chi connectivity index (χ1) is 11.9. The molecule has 0 amide bonds. The topological polar surface area (TPSA) is 51.1 Å². The van der Waals surface area contributed by atoms with Crippen LogP contribution >= 0.6 is 0 Å². The highest BCUT2D eigenvalue weighted by atomic mass is 32.2. The smallest absolute Gasteiger partial charge is 0.268 e. The highest BCUT2D eigenvalue weighted by Gasteiger charge is 2.28. The molecule has 3 aromatic rings. The zero-order valence-electron chi connectivity index (χ0n) is 14.3.